The van der Waals surface area contributed by atoms with E-state index in [0.717, 1.165) is 44.3 Å². The quantitative estimate of drug-likeness (QED) is 0.872. The van der Waals surface area contributed by atoms with Gasteiger partial charge < -0.3 is 5.32 Å². The first-order valence-electron chi connectivity index (χ1n) is 8.39. The van der Waals surface area contributed by atoms with Crippen molar-refractivity contribution in [1.29, 1.82) is 0 Å². The van der Waals surface area contributed by atoms with Crippen LogP contribution in [0.15, 0.2) is 18.2 Å². The maximum Gasteiger partial charge on any atom is 0.234 e. The molecule has 1 aliphatic rings. The number of nitrogens with zero attached hydrogens (tertiary/aromatic N) is 1. The number of carbonyl (C=O) groups is 1. The zero-order chi connectivity index (χ0) is 16.8. The van der Waals surface area contributed by atoms with Crippen LogP contribution in [0.2, 0.25) is 0 Å². The first kappa shape index (κ1) is 17.9. The molecule has 0 unspecified atom stereocenters. The Morgan fingerprint density at radius 3 is 2.83 bits per heavy atom. The molecule has 1 aromatic carbocycles. The lowest BCUT2D eigenvalue weighted by atomic mass is 9.91. The number of benzene rings is 1. The van der Waals surface area contributed by atoms with Gasteiger partial charge in [-0.15, -0.1) is 0 Å². The zero-order valence-electron chi connectivity index (χ0n) is 13.9. The maximum atomic E-state index is 13.2. The second kappa shape index (κ2) is 8.39. The van der Waals surface area contributed by atoms with Crippen LogP contribution in [0.4, 0.5) is 8.78 Å². The monoisotopic (exact) mass is 324 g/mol. The Morgan fingerprint density at radius 1 is 1.35 bits per heavy atom. The van der Waals surface area contributed by atoms with Crippen LogP contribution in [0.5, 0.6) is 0 Å². The van der Waals surface area contributed by atoms with E-state index in [9.17, 15) is 13.6 Å². The molecule has 1 aliphatic heterocycles. The van der Waals surface area contributed by atoms with E-state index in [1.807, 2.05) is 13.8 Å². The minimum absolute atomic E-state index is 0.0706. The molecule has 1 atom stereocenters. The fourth-order valence-corrected chi connectivity index (χ4v) is 3.17. The van der Waals surface area contributed by atoms with Crippen molar-refractivity contribution < 1.29 is 13.6 Å². The largest absolute Gasteiger partial charge is 0.353 e. The molecule has 3 nitrogen and oxygen atoms in total. The molecule has 2 rings (SSSR count). The van der Waals surface area contributed by atoms with Gasteiger partial charge in [-0.05, 0) is 69.7 Å². The molecule has 1 N–H and O–H groups in total. The number of piperidine rings is 1. The van der Waals surface area contributed by atoms with Crippen molar-refractivity contribution >= 4 is 5.91 Å². The van der Waals surface area contributed by atoms with Gasteiger partial charge in [0, 0.05) is 12.6 Å². The predicted molar refractivity (Wildman–Crippen MR) is 87.1 cm³/mol. The average molecular weight is 324 g/mol. The Hall–Kier alpha value is -1.49. The second-order valence-electron chi connectivity index (χ2n) is 6.75. The normalized spacial score (nSPS) is 19.1. The second-order valence-corrected chi connectivity index (χ2v) is 6.75. The van der Waals surface area contributed by atoms with Crippen LogP contribution in [-0.4, -0.2) is 36.5 Å². The smallest absolute Gasteiger partial charge is 0.234 e. The Labute approximate surface area is 137 Å². The van der Waals surface area contributed by atoms with E-state index < -0.39 is 11.6 Å². The molecule has 1 aromatic rings. The average Bonchev–Trinajstić information content (AvgIpc) is 2.48. The number of hydrogen-bond donors (Lipinski definition) is 1. The Morgan fingerprint density at radius 2 is 2.13 bits per heavy atom. The van der Waals surface area contributed by atoms with Gasteiger partial charge in [-0.2, -0.15) is 0 Å². The molecule has 0 radical (unpaired) electrons. The van der Waals surface area contributed by atoms with Crippen LogP contribution >= 0.6 is 0 Å². The predicted octanol–water partition coefficient (Wildman–Crippen LogP) is 3.13. The summed E-state index contributed by atoms with van der Waals surface area (Å²) in [7, 11) is 0. The molecule has 128 valence electrons. The summed E-state index contributed by atoms with van der Waals surface area (Å²) in [6, 6.07) is 4.28. The third kappa shape index (κ3) is 5.90. The highest BCUT2D eigenvalue weighted by Crippen LogP contribution is 2.22. The van der Waals surface area contributed by atoms with Gasteiger partial charge in [0.2, 0.25) is 5.91 Å². The minimum Gasteiger partial charge on any atom is -0.353 e. The first-order chi connectivity index (χ1) is 10.9. The number of likely N-dealkylation sites (tertiary alicyclic amines) is 1. The van der Waals surface area contributed by atoms with Crippen LogP contribution in [0.25, 0.3) is 0 Å². The van der Waals surface area contributed by atoms with E-state index in [2.05, 4.69) is 10.2 Å². The zero-order valence-corrected chi connectivity index (χ0v) is 13.9. The molecule has 1 heterocycles. The van der Waals surface area contributed by atoms with Crippen molar-refractivity contribution in [2.75, 3.05) is 19.6 Å². The molecule has 5 heteroatoms. The summed E-state index contributed by atoms with van der Waals surface area (Å²) in [5, 5.41) is 2.92. The number of hydrogen-bond acceptors (Lipinski definition) is 2. The fraction of sp³-hybridized carbons (Fsp3) is 0.611. The van der Waals surface area contributed by atoms with E-state index in [-0.39, 0.29) is 11.9 Å². The number of amides is 1. The summed E-state index contributed by atoms with van der Waals surface area (Å²) in [4.78, 5) is 14.0. The van der Waals surface area contributed by atoms with E-state index in [4.69, 9.17) is 0 Å². The lowest BCUT2D eigenvalue weighted by Crippen LogP contribution is -2.44. The Balaban J connectivity index is 1.79. The molecule has 0 bridgehead atoms. The van der Waals surface area contributed by atoms with Gasteiger partial charge >= 0.3 is 0 Å². The van der Waals surface area contributed by atoms with Crippen LogP contribution in [0, 0.1) is 17.6 Å². The summed E-state index contributed by atoms with van der Waals surface area (Å²) in [5.41, 5.74) is 0.832. The Bertz CT molecular complexity index is 534. The minimum atomic E-state index is -0.797. The first-order valence-corrected chi connectivity index (χ1v) is 8.39. The highest BCUT2D eigenvalue weighted by molar-refractivity contribution is 5.78. The molecule has 0 saturated carbocycles. The third-order valence-electron chi connectivity index (χ3n) is 4.25. The van der Waals surface area contributed by atoms with E-state index in [0.29, 0.717) is 12.5 Å². The van der Waals surface area contributed by atoms with Crippen LogP contribution < -0.4 is 5.32 Å². The summed E-state index contributed by atoms with van der Waals surface area (Å²) in [5.74, 6) is -1.00. The van der Waals surface area contributed by atoms with Gasteiger partial charge in [0.15, 0.2) is 11.6 Å². The third-order valence-corrected chi connectivity index (χ3v) is 4.25. The molecule has 0 aromatic heterocycles. The van der Waals surface area contributed by atoms with Crippen molar-refractivity contribution in [1.82, 2.24) is 10.2 Å². The van der Waals surface area contributed by atoms with Gasteiger partial charge in [-0.3, -0.25) is 9.69 Å². The summed E-state index contributed by atoms with van der Waals surface area (Å²) < 4.78 is 26.2. The standard InChI is InChI=1S/C18H26F2N2O/c1-13(2)21-18(23)12-22-9-3-4-15(11-22)6-5-14-7-8-16(19)17(20)10-14/h7-8,10,13,15H,3-6,9,11-12H2,1-2H3,(H,21,23)/t15-/m0/s1. The molecule has 1 amide bonds. The summed E-state index contributed by atoms with van der Waals surface area (Å²) in [6.45, 7) is 6.21. The van der Waals surface area contributed by atoms with Crippen molar-refractivity contribution in [2.45, 2.75) is 45.6 Å². The van der Waals surface area contributed by atoms with Gasteiger partial charge in [-0.25, -0.2) is 8.78 Å². The van der Waals surface area contributed by atoms with E-state index >= 15 is 0 Å². The molecule has 23 heavy (non-hydrogen) atoms. The van der Waals surface area contributed by atoms with Gasteiger partial charge in [0.05, 0.1) is 6.54 Å². The molecule has 1 saturated heterocycles. The van der Waals surface area contributed by atoms with Crippen LogP contribution in [0.1, 0.15) is 38.7 Å². The highest BCUT2D eigenvalue weighted by atomic mass is 19.2. The van der Waals surface area contributed by atoms with E-state index in [1.54, 1.807) is 6.07 Å². The molecular weight excluding hydrogens is 298 g/mol. The van der Waals surface area contributed by atoms with E-state index in [1.165, 1.54) is 12.1 Å². The van der Waals surface area contributed by atoms with Crippen LogP contribution in [0.3, 0.4) is 0 Å². The summed E-state index contributed by atoms with van der Waals surface area (Å²) in [6.07, 6.45) is 3.89. The van der Waals surface area contributed by atoms with Gasteiger partial charge in [-0.1, -0.05) is 6.07 Å². The van der Waals surface area contributed by atoms with Crippen LogP contribution in [-0.2, 0) is 11.2 Å². The van der Waals surface area contributed by atoms with Gasteiger partial charge in [0.25, 0.3) is 0 Å². The molecular formula is C18H26F2N2O. The van der Waals surface area contributed by atoms with Crippen molar-refractivity contribution in [3.05, 3.63) is 35.4 Å². The highest BCUT2D eigenvalue weighted by Gasteiger charge is 2.21. The topological polar surface area (TPSA) is 32.3 Å². The number of halogens is 2. The van der Waals surface area contributed by atoms with Gasteiger partial charge in [0.1, 0.15) is 0 Å². The van der Waals surface area contributed by atoms with Crippen molar-refractivity contribution in [3.63, 3.8) is 0 Å². The molecule has 0 spiro atoms. The molecule has 1 fully saturated rings. The lowest BCUT2D eigenvalue weighted by Gasteiger charge is -2.32. The number of aryl methyl sites for hydroxylation is 1. The maximum absolute atomic E-state index is 13.2. The number of rotatable bonds is 6. The van der Waals surface area contributed by atoms with Crippen molar-refractivity contribution in [3.8, 4) is 0 Å². The lowest BCUT2D eigenvalue weighted by molar-refractivity contribution is -0.123. The fourth-order valence-electron chi connectivity index (χ4n) is 3.17. The Kier molecular flexibility index (Phi) is 6.51. The SMILES string of the molecule is CC(C)NC(=O)CN1CCC[C@@H](CCc2ccc(F)c(F)c2)C1. The molecule has 0 aliphatic carbocycles. The van der Waals surface area contributed by atoms with Crippen molar-refractivity contribution in [2.24, 2.45) is 5.92 Å². The summed E-state index contributed by atoms with van der Waals surface area (Å²) >= 11 is 0. The number of carbonyl (C=O) groups excluding carboxylic acids is 1. The number of nitrogens with one attached hydrogen (secondary N) is 1.